The lowest BCUT2D eigenvalue weighted by Crippen LogP contribution is -2.11. The zero-order valence-corrected chi connectivity index (χ0v) is 33.8. The summed E-state index contributed by atoms with van der Waals surface area (Å²) in [5.74, 6) is 1.80. The van der Waals surface area contributed by atoms with Gasteiger partial charge in [0, 0.05) is 38.8 Å². The molecule has 0 unspecified atom stereocenters. The van der Waals surface area contributed by atoms with E-state index in [0.29, 0.717) is 17.6 Å². The Morgan fingerprint density at radius 1 is 0.306 bits per heavy atom. The molecule has 2 aromatic heterocycles. The average molecular weight is 794 g/mol. The lowest BCUT2D eigenvalue weighted by molar-refractivity contribution is 0.953. The quantitative estimate of drug-likeness (QED) is 0.146. The summed E-state index contributed by atoms with van der Waals surface area (Å²) in [6, 6.07) is 83.0. The van der Waals surface area contributed by atoms with Crippen LogP contribution in [0.5, 0.6) is 0 Å². The van der Waals surface area contributed by atoms with Gasteiger partial charge in [0.15, 0.2) is 11.6 Å². The van der Waals surface area contributed by atoms with Gasteiger partial charge >= 0.3 is 0 Å². The van der Waals surface area contributed by atoms with Crippen molar-refractivity contribution < 1.29 is 0 Å². The van der Waals surface area contributed by atoms with E-state index in [0.717, 1.165) is 61.1 Å². The second kappa shape index (κ2) is 16.0. The first-order valence-electron chi connectivity index (χ1n) is 20.9. The fourth-order valence-corrected chi connectivity index (χ4v) is 8.55. The lowest BCUT2D eigenvalue weighted by Gasteiger charge is -2.28. The lowest BCUT2D eigenvalue weighted by atomic mass is 9.96. The number of fused-ring (bicyclic) bond motifs is 3. The number of benzene rings is 9. The van der Waals surface area contributed by atoms with Crippen LogP contribution in [0.4, 0.5) is 17.1 Å². The Labute approximate surface area is 360 Å². The van der Waals surface area contributed by atoms with Gasteiger partial charge in [-0.05, 0) is 70.3 Å². The SMILES string of the molecule is c1ccc(-c2ccc(N(c3ccc(-c4ccccc4)cc3)c3ccccc3-c3cccc4c3c3ccccc3n4-c3nc(-c4ccccc4)nc(-c4ccccc4)n3)cc2)cc1. The van der Waals surface area contributed by atoms with Crippen molar-refractivity contribution in [2.45, 2.75) is 0 Å². The Balaban J connectivity index is 1.11. The van der Waals surface area contributed by atoms with Crippen molar-refractivity contribution in [1.82, 2.24) is 19.5 Å². The molecule has 2 heterocycles. The maximum Gasteiger partial charge on any atom is 0.238 e. The number of hydrogen-bond acceptors (Lipinski definition) is 4. The first kappa shape index (κ1) is 36.7. The minimum Gasteiger partial charge on any atom is -0.310 e. The molecule has 11 rings (SSSR count). The van der Waals surface area contributed by atoms with Crippen molar-refractivity contribution in [3.63, 3.8) is 0 Å². The molecule has 11 aromatic rings. The van der Waals surface area contributed by atoms with Gasteiger partial charge in [0.05, 0.1) is 16.7 Å². The van der Waals surface area contributed by atoms with Crippen molar-refractivity contribution in [2.24, 2.45) is 0 Å². The number of para-hydroxylation sites is 2. The fraction of sp³-hybridized carbons (Fsp3) is 0. The van der Waals surface area contributed by atoms with Gasteiger partial charge < -0.3 is 4.90 Å². The highest BCUT2D eigenvalue weighted by molar-refractivity contribution is 6.16. The molecule has 5 heteroatoms. The maximum atomic E-state index is 5.19. The number of anilines is 3. The van der Waals surface area contributed by atoms with Crippen LogP contribution in [0.3, 0.4) is 0 Å². The number of aromatic nitrogens is 4. The zero-order chi connectivity index (χ0) is 41.2. The normalized spacial score (nSPS) is 11.2. The predicted octanol–water partition coefficient (Wildman–Crippen LogP) is 14.8. The summed E-state index contributed by atoms with van der Waals surface area (Å²) in [5.41, 5.74) is 14.0. The molecule has 292 valence electrons. The zero-order valence-electron chi connectivity index (χ0n) is 33.8. The van der Waals surface area contributed by atoms with E-state index in [9.17, 15) is 0 Å². The van der Waals surface area contributed by atoms with Crippen molar-refractivity contribution in [2.75, 3.05) is 4.90 Å². The summed E-state index contributed by atoms with van der Waals surface area (Å²) in [4.78, 5) is 17.8. The Bertz CT molecular complexity index is 3170. The van der Waals surface area contributed by atoms with Gasteiger partial charge in [0.2, 0.25) is 5.95 Å². The third kappa shape index (κ3) is 6.78. The molecular formula is C57H39N5. The summed E-state index contributed by atoms with van der Waals surface area (Å²) in [5, 5.41) is 2.24. The van der Waals surface area contributed by atoms with Crippen molar-refractivity contribution in [3.05, 3.63) is 237 Å². The summed E-state index contributed by atoms with van der Waals surface area (Å²) < 4.78 is 2.19. The Morgan fingerprint density at radius 3 is 1.27 bits per heavy atom. The van der Waals surface area contributed by atoms with Crippen LogP contribution in [-0.2, 0) is 0 Å². The highest BCUT2D eigenvalue weighted by Crippen LogP contribution is 2.45. The molecule has 0 radical (unpaired) electrons. The molecule has 0 aliphatic rings. The number of rotatable bonds is 9. The van der Waals surface area contributed by atoms with Crippen LogP contribution in [-0.4, -0.2) is 19.5 Å². The fourth-order valence-electron chi connectivity index (χ4n) is 8.55. The second-order valence-corrected chi connectivity index (χ2v) is 15.2. The molecule has 0 spiro atoms. The third-order valence-corrected chi connectivity index (χ3v) is 11.5. The van der Waals surface area contributed by atoms with Gasteiger partial charge in [0.1, 0.15) is 0 Å². The smallest absolute Gasteiger partial charge is 0.238 e. The molecule has 0 aliphatic carbocycles. The van der Waals surface area contributed by atoms with Gasteiger partial charge in [-0.1, -0.05) is 194 Å². The van der Waals surface area contributed by atoms with E-state index in [1.807, 2.05) is 60.7 Å². The van der Waals surface area contributed by atoms with E-state index < -0.39 is 0 Å². The molecular weight excluding hydrogens is 755 g/mol. The van der Waals surface area contributed by atoms with Gasteiger partial charge in [-0.25, -0.2) is 4.98 Å². The van der Waals surface area contributed by atoms with Crippen LogP contribution >= 0.6 is 0 Å². The van der Waals surface area contributed by atoms with Crippen molar-refractivity contribution in [3.8, 4) is 62.1 Å². The number of nitrogens with zero attached hydrogens (tertiary/aromatic N) is 5. The average Bonchev–Trinajstić information content (AvgIpc) is 3.70. The number of hydrogen-bond donors (Lipinski definition) is 0. The summed E-state index contributed by atoms with van der Waals surface area (Å²) in [6.45, 7) is 0. The first-order chi connectivity index (χ1) is 30.8. The van der Waals surface area contributed by atoms with Crippen LogP contribution in [0.25, 0.3) is 83.9 Å². The third-order valence-electron chi connectivity index (χ3n) is 11.5. The van der Waals surface area contributed by atoms with E-state index in [1.54, 1.807) is 0 Å². The van der Waals surface area contributed by atoms with Gasteiger partial charge in [-0.2, -0.15) is 9.97 Å². The maximum absolute atomic E-state index is 5.19. The molecule has 5 nitrogen and oxygen atoms in total. The Hall–Kier alpha value is -8.41. The molecule has 62 heavy (non-hydrogen) atoms. The van der Waals surface area contributed by atoms with E-state index in [1.165, 1.54) is 22.3 Å². The summed E-state index contributed by atoms with van der Waals surface area (Å²) in [6.07, 6.45) is 0. The molecule has 0 amide bonds. The Morgan fingerprint density at radius 2 is 0.726 bits per heavy atom. The standard InChI is InChI=1S/C57H39N5/c1-5-18-40(19-6-1)42-32-36-46(37-33-42)61(47-38-34-43(35-39-47)41-20-7-2-8-21-41)51-29-15-13-26-48(51)49-28-17-31-53-54(49)50-27-14-16-30-52(50)62(53)57-59-55(44-22-9-3-10-23-44)58-56(60-57)45-24-11-4-12-25-45/h1-39H. The molecule has 0 N–H and O–H groups in total. The molecule has 9 aromatic carbocycles. The van der Waals surface area contributed by atoms with Gasteiger partial charge in [-0.15, -0.1) is 0 Å². The molecule has 0 saturated carbocycles. The summed E-state index contributed by atoms with van der Waals surface area (Å²) in [7, 11) is 0. The van der Waals surface area contributed by atoms with Crippen LogP contribution < -0.4 is 4.90 Å². The first-order valence-corrected chi connectivity index (χ1v) is 20.9. The van der Waals surface area contributed by atoms with Crippen molar-refractivity contribution >= 4 is 38.9 Å². The molecule has 0 bridgehead atoms. The van der Waals surface area contributed by atoms with Crippen LogP contribution in [0.15, 0.2) is 237 Å². The molecule has 0 atom stereocenters. The highest BCUT2D eigenvalue weighted by atomic mass is 15.2. The van der Waals surface area contributed by atoms with Crippen LogP contribution in [0.2, 0.25) is 0 Å². The predicted molar refractivity (Wildman–Crippen MR) is 256 cm³/mol. The monoisotopic (exact) mass is 793 g/mol. The minimum atomic E-state index is 0.563. The van der Waals surface area contributed by atoms with Crippen LogP contribution in [0, 0.1) is 0 Å². The van der Waals surface area contributed by atoms with Gasteiger partial charge in [0.25, 0.3) is 0 Å². The Kier molecular flexibility index (Phi) is 9.45. The second-order valence-electron chi connectivity index (χ2n) is 15.2. The molecule has 0 saturated heterocycles. The highest BCUT2D eigenvalue weighted by Gasteiger charge is 2.23. The van der Waals surface area contributed by atoms with E-state index in [4.69, 9.17) is 15.0 Å². The van der Waals surface area contributed by atoms with Crippen LogP contribution in [0.1, 0.15) is 0 Å². The largest absolute Gasteiger partial charge is 0.310 e. The van der Waals surface area contributed by atoms with Crippen molar-refractivity contribution in [1.29, 1.82) is 0 Å². The van der Waals surface area contributed by atoms with Gasteiger partial charge in [-0.3, -0.25) is 4.57 Å². The molecule has 0 fully saturated rings. The van der Waals surface area contributed by atoms with E-state index in [-0.39, 0.29) is 0 Å². The molecule has 0 aliphatic heterocycles. The topological polar surface area (TPSA) is 46.8 Å². The summed E-state index contributed by atoms with van der Waals surface area (Å²) >= 11 is 0. The minimum absolute atomic E-state index is 0.563. The van der Waals surface area contributed by atoms with E-state index in [2.05, 4.69) is 185 Å². The van der Waals surface area contributed by atoms with E-state index >= 15 is 0 Å².